The Bertz CT molecular complexity index is 907. The Balaban J connectivity index is 1.38. The SMILES string of the molecule is CC(=O)Nc1ccnn1C1CCN(Cc2nc(-c3cccs3)oc2C)CC1. The summed E-state index contributed by atoms with van der Waals surface area (Å²) < 4.78 is 7.79. The maximum Gasteiger partial charge on any atom is 0.236 e. The van der Waals surface area contributed by atoms with E-state index < -0.39 is 0 Å². The van der Waals surface area contributed by atoms with Crippen LogP contribution in [0.1, 0.15) is 37.3 Å². The number of rotatable bonds is 5. The number of hydrogen-bond donors (Lipinski definition) is 1. The summed E-state index contributed by atoms with van der Waals surface area (Å²) in [7, 11) is 0. The number of thiophene rings is 1. The summed E-state index contributed by atoms with van der Waals surface area (Å²) in [5, 5.41) is 9.29. The molecule has 4 heterocycles. The number of oxazole rings is 1. The molecule has 7 nitrogen and oxygen atoms in total. The van der Waals surface area contributed by atoms with Crippen LogP contribution in [0.2, 0.25) is 0 Å². The Morgan fingerprint density at radius 1 is 1.37 bits per heavy atom. The number of anilines is 1. The van der Waals surface area contributed by atoms with E-state index in [1.54, 1.807) is 17.5 Å². The molecule has 0 spiro atoms. The van der Waals surface area contributed by atoms with Crippen molar-refractivity contribution < 1.29 is 9.21 Å². The van der Waals surface area contributed by atoms with Crippen LogP contribution < -0.4 is 5.32 Å². The van der Waals surface area contributed by atoms with Crippen molar-refractivity contribution in [3.8, 4) is 10.8 Å². The van der Waals surface area contributed by atoms with E-state index in [4.69, 9.17) is 9.40 Å². The molecular weight excluding hydrogens is 362 g/mol. The fraction of sp³-hybridized carbons (Fsp3) is 0.421. The van der Waals surface area contributed by atoms with E-state index in [2.05, 4.69) is 15.3 Å². The molecule has 1 fully saturated rings. The van der Waals surface area contributed by atoms with E-state index in [0.29, 0.717) is 11.9 Å². The van der Waals surface area contributed by atoms with Crippen LogP contribution in [0.15, 0.2) is 34.2 Å². The van der Waals surface area contributed by atoms with E-state index in [-0.39, 0.29) is 5.91 Å². The Morgan fingerprint density at radius 3 is 2.89 bits per heavy atom. The summed E-state index contributed by atoms with van der Waals surface area (Å²) in [6, 6.07) is 6.19. The lowest BCUT2D eigenvalue weighted by atomic mass is 10.0. The first-order chi connectivity index (χ1) is 13.1. The first-order valence-electron chi connectivity index (χ1n) is 9.14. The number of amides is 1. The van der Waals surface area contributed by atoms with Crippen LogP contribution in [0.4, 0.5) is 5.82 Å². The molecule has 3 aromatic heterocycles. The zero-order valence-electron chi connectivity index (χ0n) is 15.5. The second kappa shape index (κ2) is 7.66. The van der Waals surface area contributed by atoms with E-state index in [1.165, 1.54) is 6.92 Å². The zero-order chi connectivity index (χ0) is 18.8. The minimum Gasteiger partial charge on any atom is -0.440 e. The molecule has 1 aliphatic heterocycles. The van der Waals surface area contributed by atoms with Gasteiger partial charge in [0.1, 0.15) is 11.6 Å². The lowest BCUT2D eigenvalue weighted by molar-refractivity contribution is -0.114. The van der Waals surface area contributed by atoms with E-state index in [0.717, 1.165) is 54.6 Å². The van der Waals surface area contributed by atoms with Crippen molar-refractivity contribution in [2.24, 2.45) is 0 Å². The molecule has 8 heteroatoms. The molecule has 0 aliphatic carbocycles. The van der Waals surface area contributed by atoms with Crippen LogP contribution in [-0.4, -0.2) is 38.7 Å². The van der Waals surface area contributed by atoms with Crippen LogP contribution in [0, 0.1) is 6.92 Å². The molecule has 0 saturated carbocycles. The number of hydrogen-bond acceptors (Lipinski definition) is 6. The summed E-state index contributed by atoms with van der Waals surface area (Å²) in [5.41, 5.74) is 1.01. The molecule has 0 atom stereocenters. The standard InChI is InChI=1S/C19H23N5O2S/c1-13-16(22-19(26-13)17-4-3-11-27-17)12-23-9-6-15(7-10-23)24-18(5-8-20-24)21-14(2)25/h3-5,8,11,15H,6-7,9-10,12H2,1-2H3,(H,21,25). The second-order valence-corrected chi connectivity index (χ2v) is 7.80. The lowest BCUT2D eigenvalue weighted by Crippen LogP contribution is -2.35. The first kappa shape index (κ1) is 17.9. The van der Waals surface area contributed by atoms with Gasteiger partial charge in [0.2, 0.25) is 11.8 Å². The van der Waals surface area contributed by atoms with Crippen molar-refractivity contribution in [1.82, 2.24) is 19.7 Å². The molecular formula is C19H23N5O2S. The highest BCUT2D eigenvalue weighted by atomic mass is 32.1. The van der Waals surface area contributed by atoms with Crippen LogP contribution in [-0.2, 0) is 11.3 Å². The second-order valence-electron chi connectivity index (χ2n) is 6.85. The molecule has 1 aliphatic rings. The highest BCUT2D eigenvalue weighted by molar-refractivity contribution is 7.13. The van der Waals surface area contributed by atoms with E-state index in [9.17, 15) is 4.79 Å². The predicted octanol–water partition coefficient (Wildman–Crippen LogP) is 3.70. The Hall–Kier alpha value is -2.45. The van der Waals surface area contributed by atoms with Gasteiger partial charge in [-0.25, -0.2) is 9.67 Å². The van der Waals surface area contributed by atoms with Crippen molar-refractivity contribution in [3.05, 3.63) is 41.2 Å². The molecule has 0 bridgehead atoms. The average Bonchev–Trinajstić information content (AvgIpc) is 3.37. The maximum atomic E-state index is 11.3. The predicted molar refractivity (Wildman–Crippen MR) is 105 cm³/mol. The Labute approximate surface area is 162 Å². The van der Waals surface area contributed by atoms with Crippen LogP contribution in [0.25, 0.3) is 10.8 Å². The molecule has 3 aromatic rings. The van der Waals surface area contributed by atoms with Crippen molar-refractivity contribution in [2.75, 3.05) is 18.4 Å². The number of aromatic nitrogens is 3. The number of aryl methyl sites for hydroxylation is 1. The quantitative estimate of drug-likeness (QED) is 0.725. The molecule has 0 unspecified atom stereocenters. The number of nitrogens with one attached hydrogen (secondary N) is 1. The highest BCUT2D eigenvalue weighted by Crippen LogP contribution is 2.29. The number of carbonyl (C=O) groups excluding carboxylic acids is 1. The molecule has 1 amide bonds. The molecule has 1 N–H and O–H groups in total. The summed E-state index contributed by atoms with van der Waals surface area (Å²) in [6.45, 7) is 6.22. The minimum atomic E-state index is -0.0720. The largest absolute Gasteiger partial charge is 0.440 e. The topological polar surface area (TPSA) is 76.2 Å². The van der Waals surface area contributed by atoms with Gasteiger partial charge in [0, 0.05) is 32.6 Å². The van der Waals surface area contributed by atoms with Crippen LogP contribution in [0.3, 0.4) is 0 Å². The lowest BCUT2D eigenvalue weighted by Gasteiger charge is -2.32. The zero-order valence-corrected chi connectivity index (χ0v) is 16.3. The third-order valence-corrected chi connectivity index (χ3v) is 5.73. The smallest absolute Gasteiger partial charge is 0.236 e. The van der Waals surface area contributed by atoms with E-state index in [1.807, 2.05) is 35.2 Å². The number of piperidine rings is 1. The Kier molecular flexibility index (Phi) is 5.09. The van der Waals surface area contributed by atoms with Gasteiger partial charge in [0.05, 0.1) is 22.8 Å². The van der Waals surface area contributed by atoms with E-state index >= 15 is 0 Å². The summed E-state index contributed by atoms with van der Waals surface area (Å²) in [4.78, 5) is 19.5. The maximum absolute atomic E-state index is 11.3. The summed E-state index contributed by atoms with van der Waals surface area (Å²) in [5.74, 6) is 2.30. The third kappa shape index (κ3) is 3.96. The van der Waals surface area contributed by atoms with Gasteiger partial charge in [-0.1, -0.05) is 6.07 Å². The van der Waals surface area contributed by atoms with Gasteiger partial charge < -0.3 is 9.73 Å². The van der Waals surface area contributed by atoms with Crippen LogP contribution in [0.5, 0.6) is 0 Å². The number of nitrogens with zero attached hydrogens (tertiary/aromatic N) is 4. The van der Waals surface area contributed by atoms with Crippen molar-refractivity contribution in [1.29, 1.82) is 0 Å². The summed E-state index contributed by atoms with van der Waals surface area (Å²) >= 11 is 1.64. The molecule has 0 radical (unpaired) electrons. The molecule has 142 valence electrons. The van der Waals surface area contributed by atoms with Gasteiger partial charge in [-0.05, 0) is 31.2 Å². The van der Waals surface area contributed by atoms with Crippen molar-refractivity contribution >= 4 is 23.1 Å². The highest BCUT2D eigenvalue weighted by Gasteiger charge is 2.24. The Morgan fingerprint density at radius 2 is 2.19 bits per heavy atom. The summed E-state index contributed by atoms with van der Waals surface area (Å²) in [6.07, 6.45) is 3.72. The van der Waals surface area contributed by atoms with Gasteiger partial charge >= 0.3 is 0 Å². The average molecular weight is 385 g/mol. The number of likely N-dealkylation sites (tertiary alicyclic amines) is 1. The van der Waals surface area contributed by atoms with Crippen LogP contribution >= 0.6 is 11.3 Å². The van der Waals surface area contributed by atoms with Gasteiger partial charge in [-0.2, -0.15) is 5.10 Å². The fourth-order valence-corrected chi connectivity index (χ4v) is 4.15. The first-order valence-corrected chi connectivity index (χ1v) is 10.0. The molecule has 0 aromatic carbocycles. The molecule has 27 heavy (non-hydrogen) atoms. The normalized spacial score (nSPS) is 15.9. The van der Waals surface area contributed by atoms with Gasteiger partial charge in [-0.15, -0.1) is 11.3 Å². The minimum absolute atomic E-state index is 0.0720. The van der Waals surface area contributed by atoms with Gasteiger partial charge in [-0.3, -0.25) is 9.69 Å². The molecule has 4 rings (SSSR count). The fourth-order valence-electron chi connectivity index (χ4n) is 3.50. The number of carbonyl (C=O) groups is 1. The molecule has 1 saturated heterocycles. The van der Waals surface area contributed by atoms with Crippen molar-refractivity contribution in [3.63, 3.8) is 0 Å². The third-order valence-electron chi connectivity index (χ3n) is 4.88. The van der Waals surface area contributed by atoms with Gasteiger partial charge in [0.25, 0.3) is 0 Å². The monoisotopic (exact) mass is 385 g/mol. The van der Waals surface area contributed by atoms with Gasteiger partial charge in [0.15, 0.2) is 0 Å². The van der Waals surface area contributed by atoms with Crippen molar-refractivity contribution in [2.45, 2.75) is 39.3 Å².